The molecule has 5 heteroatoms. The zero-order valence-electron chi connectivity index (χ0n) is 13.8. The van der Waals surface area contributed by atoms with E-state index in [1.165, 1.54) is 12.8 Å². The van der Waals surface area contributed by atoms with E-state index in [1.54, 1.807) is 4.68 Å². The Bertz CT molecular complexity index is 711. The summed E-state index contributed by atoms with van der Waals surface area (Å²) in [6.07, 6.45) is 4.22. The first-order chi connectivity index (χ1) is 10.5. The summed E-state index contributed by atoms with van der Waals surface area (Å²) in [6, 6.07) is 2.20. The lowest BCUT2D eigenvalue weighted by Crippen LogP contribution is -2.34. The molecule has 0 bridgehead atoms. The number of rotatable bonds is 5. The molecule has 0 radical (unpaired) electrons. The predicted molar refractivity (Wildman–Crippen MR) is 87.1 cm³/mol. The summed E-state index contributed by atoms with van der Waals surface area (Å²) >= 11 is 0. The lowest BCUT2D eigenvalue weighted by Gasteiger charge is -2.15. The molecule has 0 atom stereocenters. The minimum Gasteiger partial charge on any atom is -0.349 e. The fraction of sp³-hybridized carbons (Fsp3) is 0.588. The third-order valence-corrected chi connectivity index (χ3v) is 4.55. The van der Waals surface area contributed by atoms with Crippen LogP contribution in [0.5, 0.6) is 0 Å². The smallest absolute Gasteiger partial charge is 0.252 e. The van der Waals surface area contributed by atoms with Crippen LogP contribution in [0.15, 0.2) is 6.07 Å². The molecule has 3 rings (SSSR count). The van der Waals surface area contributed by atoms with Crippen LogP contribution in [0.3, 0.4) is 0 Å². The van der Waals surface area contributed by atoms with Gasteiger partial charge in [0.2, 0.25) is 0 Å². The summed E-state index contributed by atoms with van der Waals surface area (Å²) in [7, 11) is 1.89. The van der Waals surface area contributed by atoms with Gasteiger partial charge in [-0.25, -0.2) is 4.98 Å². The van der Waals surface area contributed by atoms with Gasteiger partial charge in [-0.15, -0.1) is 0 Å². The molecule has 2 aromatic rings. The zero-order chi connectivity index (χ0) is 15.9. The maximum absolute atomic E-state index is 12.8. The molecule has 1 amide bonds. The van der Waals surface area contributed by atoms with E-state index >= 15 is 0 Å². The van der Waals surface area contributed by atoms with E-state index in [9.17, 15) is 4.79 Å². The van der Waals surface area contributed by atoms with Crippen LogP contribution in [-0.2, 0) is 7.05 Å². The first-order valence-electron chi connectivity index (χ1n) is 8.20. The second-order valence-electron chi connectivity index (χ2n) is 6.26. The highest BCUT2D eigenvalue weighted by atomic mass is 16.1. The highest BCUT2D eigenvalue weighted by Crippen LogP contribution is 2.40. The van der Waals surface area contributed by atoms with Crippen molar-refractivity contribution in [2.75, 3.05) is 0 Å². The van der Waals surface area contributed by atoms with Crippen LogP contribution in [0.2, 0.25) is 0 Å². The largest absolute Gasteiger partial charge is 0.349 e. The highest BCUT2D eigenvalue weighted by molar-refractivity contribution is 6.06. The van der Waals surface area contributed by atoms with Crippen LogP contribution < -0.4 is 5.32 Å². The Morgan fingerprint density at radius 2 is 2.09 bits per heavy atom. The summed E-state index contributed by atoms with van der Waals surface area (Å²) in [6.45, 7) is 6.14. The van der Waals surface area contributed by atoms with E-state index < -0.39 is 0 Å². The number of nitrogens with zero attached hydrogens (tertiary/aromatic N) is 3. The lowest BCUT2D eigenvalue weighted by atomic mass is 10.1. The number of carbonyl (C=O) groups excluding carboxylic acids is 1. The Morgan fingerprint density at radius 3 is 2.68 bits per heavy atom. The number of pyridine rings is 1. The second-order valence-corrected chi connectivity index (χ2v) is 6.26. The van der Waals surface area contributed by atoms with Crippen LogP contribution in [0, 0.1) is 6.92 Å². The van der Waals surface area contributed by atoms with E-state index in [1.807, 2.05) is 20.0 Å². The van der Waals surface area contributed by atoms with Crippen molar-refractivity contribution in [2.24, 2.45) is 7.05 Å². The normalized spacial score (nSPS) is 14.8. The molecule has 1 saturated carbocycles. The number of aromatic nitrogens is 3. The Kier molecular flexibility index (Phi) is 3.89. The number of amides is 1. The van der Waals surface area contributed by atoms with Crippen molar-refractivity contribution in [1.29, 1.82) is 0 Å². The number of fused-ring (bicyclic) bond motifs is 1. The van der Waals surface area contributed by atoms with E-state index in [0.717, 1.165) is 40.8 Å². The monoisotopic (exact) mass is 300 g/mol. The van der Waals surface area contributed by atoms with Crippen LogP contribution in [-0.4, -0.2) is 26.7 Å². The second kappa shape index (κ2) is 5.71. The fourth-order valence-electron chi connectivity index (χ4n) is 2.99. The fourth-order valence-corrected chi connectivity index (χ4v) is 2.99. The zero-order valence-corrected chi connectivity index (χ0v) is 13.8. The molecule has 0 saturated heterocycles. The van der Waals surface area contributed by atoms with Gasteiger partial charge in [0.25, 0.3) is 5.91 Å². The molecule has 1 N–H and O–H groups in total. The van der Waals surface area contributed by atoms with Crippen molar-refractivity contribution in [3.63, 3.8) is 0 Å². The molecular weight excluding hydrogens is 276 g/mol. The number of hydrogen-bond donors (Lipinski definition) is 1. The molecule has 0 unspecified atom stereocenters. The predicted octanol–water partition coefficient (Wildman–Crippen LogP) is 3.07. The SMILES string of the molecule is CCC(CC)NC(=O)c1cc(C2CC2)nc2c1c(C)nn2C. The van der Waals surface area contributed by atoms with E-state index in [-0.39, 0.29) is 11.9 Å². The summed E-state index contributed by atoms with van der Waals surface area (Å²) in [5.41, 5.74) is 3.44. The third kappa shape index (κ3) is 2.60. The third-order valence-electron chi connectivity index (χ3n) is 4.55. The molecule has 1 aliphatic carbocycles. The van der Waals surface area contributed by atoms with Crippen molar-refractivity contribution in [1.82, 2.24) is 20.1 Å². The first kappa shape index (κ1) is 15.0. The van der Waals surface area contributed by atoms with Gasteiger partial charge < -0.3 is 5.32 Å². The number of carbonyl (C=O) groups is 1. The molecule has 1 aliphatic rings. The quantitative estimate of drug-likeness (QED) is 0.923. The number of nitrogens with one attached hydrogen (secondary N) is 1. The Morgan fingerprint density at radius 1 is 1.41 bits per heavy atom. The van der Waals surface area contributed by atoms with Gasteiger partial charge in [-0.1, -0.05) is 13.8 Å². The van der Waals surface area contributed by atoms with Crippen molar-refractivity contribution in [3.8, 4) is 0 Å². The van der Waals surface area contributed by atoms with E-state index in [2.05, 4.69) is 24.3 Å². The van der Waals surface area contributed by atoms with Gasteiger partial charge in [0, 0.05) is 24.7 Å². The highest BCUT2D eigenvalue weighted by Gasteiger charge is 2.28. The van der Waals surface area contributed by atoms with Crippen molar-refractivity contribution in [2.45, 2.75) is 58.4 Å². The number of aryl methyl sites for hydroxylation is 2. The number of hydrogen-bond acceptors (Lipinski definition) is 3. The van der Waals surface area contributed by atoms with Crippen LogP contribution in [0.25, 0.3) is 11.0 Å². The lowest BCUT2D eigenvalue weighted by molar-refractivity contribution is 0.0936. The Hall–Kier alpha value is -1.91. The molecule has 5 nitrogen and oxygen atoms in total. The van der Waals surface area contributed by atoms with Gasteiger partial charge in [-0.3, -0.25) is 9.48 Å². The molecule has 22 heavy (non-hydrogen) atoms. The summed E-state index contributed by atoms with van der Waals surface area (Å²) < 4.78 is 1.78. The van der Waals surface area contributed by atoms with Crippen LogP contribution >= 0.6 is 0 Å². The van der Waals surface area contributed by atoms with Gasteiger partial charge >= 0.3 is 0 Å². The van der Waals surface area contributed by atoms with Crippen LogP contribution in [0.4, 0.5) is 0 Å². The van der Waals surface area contributed by atoms with Crippen molar-refractivity contribution < 1.29 is 4.79 Å². The van der Waals surface area contributed by atoms with Gasteiger partial charge in [0.1, 0.15) is 0 Å². The summed E-state index contributed by atoms with van der Waals surface area (Å²) in [5.74, 6) is 0.512. The molecule has 0 aromatic carbocycles. The molecule has 118 valence electrons. The maximum Gasteiger partial charge on any atom is 0.252 e. The molecule has 2 heterocycles. The van der Waals surface area contributed by atoms with Crippen LogP contribution in [0.1, 0.15) is 67.2 Å². The van der Waals surface area contributed by atoms with Gasteiger partial charge in [0.15, 0.2) is 5.65 Å². The van der Waals surface area contributed by atoms with Gasteiger partial charge in [-0.2, -0.15) is 5.10 Å². The van der Waals surface area contributed by atoms with Gasteiger partial charge in [0.05, 0.1) is 16.6 Å². The average Bonchev–Trinajstić information content (AvgIpc) is 3.31. The maximum atomic E-state index is 12.8. The molecule has 0 aliphatic heterocycles. The average molecular weight is 300 g/mol. The Balaban J connectivity index is 2.08. The van der Waals surface area contributed by atoms with Gasteiger partial charge in [-0.05, 0) is 38.7 Å². The standard InChI is InChI=1S/C17H24N4O/c1-5-12(6-2)18-17(22)13-9-14(11-7-8-11)19-16-15(13)10(3)20-21(16)4/h9,11-12H,5-8H2,1-4H3,(H,18,22). The minimum atomic E-state index is -0.000833. The van der Waals surface area contributed by atoms with E-state index in [0.29, 0.717) is 5.92 Å². The minimum absolute atomic E-state index is 0.000833. The summed E-state index contributed by atoms with van der Waals surface area (Å²) in [4.78, 5) is 17.5. The molecule has 2 aromatic heterocycles. The molecule has 0 spiro atoms. The topological polar surface area (TPSA) is 59.8 Å². The first-order valence-corrected chi connectivity index (χ1v) is 8.20. The Labute approximate surface area is 131 Å². The molecule has 1 fully saturated rings. The van der Waals surface area contributed by atoms with Crippen molar-refractivity contribution >= 4 is 16.9 Å². The molecular formula is C17H24N4O. The van der Waals surface area contributed by atoms with Crippen molar-refractivity contribution in [3.05, 3.63) is 23.0 Å². The van der Waals surface area contributed by atoms with E-state index in [4.69, 9.17) is 4.98 Å². The summed E-state index contributed by atoms with van der Waals surface area (Å²) in [5, 5.41) is 8.48.